The molecule has 0 saturated heterocycles. The standard InChI is InChI=1S/C15H18N2O2S/c1-9-7-12(19-4)5-6-13(9)11(3)14(18)17-15-16-8-10(2)20-15/h5-8,11H,1-4H3,(H,16,17,18). The molecule has 4 nitrogen and oxygen atoms in total. The molecule has 1 heterocycles. The summed E-state index contributed by atoms with van der Waals surface area (Å²) in [5.74, 6) is 0.520. The zero-order valence-corrected chi connectivity index (χ0v) is 12.9. The van der Waals surface area contributed by atoms with Gasteiger partial charge in [-0.25, -0.2) is 4.98 Å². The van der Waals surface area contributed by atoms with Gasteiger partial charge in [-0.3, -0.25) is 4.79 Å². The van der Waals surface area contributed by atoms with Gasteiger partial charge in [0.1, 0.15) is 5.75 Å². The van der Waals surface area contributed by atoms with Crippen LogP contribution in [0.1, 0.15) is 28.8 Å². The van der Waals surface area contributed by atoms with Crippen LogP contribution in [0.3, 0.4) is 0 Å². The van der Waals surface area contributed by atoms with Gasteiger partial charge in [-0.2, -0.15) is 0 Å². The Balaban J connectivity index is 2.14. The van der Waals surface area contributed by atoms with Gasteiger partial charge in [0.25, 0.3) is 0 Å². The average molecular weight is 290 g/mol. The average Bonchev–Trinajstić information content (AvgIpc) is 2.83. The number of aromatic nitrogens is 1. The fourth-order valence-corrected chi connectivity index (χ4v) is 2.70. The Labute approximate surface area is 122 Å². The van der Waals surface area contributed by atoms with E-state index in [0.717, 1.165) is 21.8 Å². The van der Waals surface area contributed by atoms with Crippen LogP contribution in [0.15, 0.2) is 24.4 Å². The van der Waals surface area contributed by atoms with Crippen molar-refractivity contribution in [2.45, 2.75) is 26.7 Å². The lowest BCUT2D eigenvalue weighted by molar-refractivity contribution is -0.117. The quantitative estimate of drug-likeness (QED) is 0.937. The monoisotopic (exact) mass is 290 g/mol. The van der Waals surface area contributed by atoms with Crippen LogP contribution in [-0.4, -0.2) is 18.0 Å². The lowest BCUT2D eigenvalue weighted by Crippen LogP contribution is -2.19. The number of ether oxygens (including phenoxy) is 1. The minimum atomic E-state index is -0.231. The van der Waals surface area contributed by atoms with E-state index in [4.69, 9.17) is 4.74 Å². The normalized spacial score (nSPS) is 12.0. The summed E-state index contributed by atoms with van der Waals surface area (Å²) in [4.78, 5) is 17.5. The fourth-order valence-electron chi connectivity index (χ4n) is 2.03. The molecule has 0 aliphatic rings. The Morgan fingerprint density at radius 1 is 1.40 bits per heavy atom. The molecular weight excluding hydrogens is 272 g/mol. The van der Waals surface area contributed by atoms with E-state index in [1.54, 1.807) is 13.3 Å². The third-order valence-electron chi connectivity index (χ3n) is 3.19. The highest BCUT2D eigenvalue weighted by molar-refractivity contribution is 7.15. The van der Waals surface area contributed by atoms with Gasteiger partial charge in [-0.15, -0.1) is 11.3 Å². The molecule has 0 aliphatic heterocycles. The number of carbonyl (C=O) groups is 1. The van der Waals surface area contributed by atoms with Crippen molar-refractivity contribution in [1.29, 1.82) is 0 Å². The zero-order valence-electron chi connectivity index (χ0n) is 12.1. The molecule has 106 valence electrons. The Morgan fingerprint density at radius 2 is 2.15 bits per heavy atom. The summed E-state index contributed by atoms with van der Waals surface area (Å²) in [6.45, 7) is 5.84. The van der Waals surface area contributed by atoms with Crippen LogP contribution in [0, 0.1) is 13.8 Å². The molecule has 0 bridgehead atoms. The van der Waals surface area contributed by atoms with E-state index in [9.17, 15) is 4.79 Å². The second-order valence-electron chi connectivity index (χ2n) is 4.71. The van der Waals surface area contributed by atoms with Crippen molar-refractivity contribution in [2.24, 2.45) is 0 Å². The van der Waals surface area contributed by atoms with Gasteiger partial charge in [0.05, 0.1) is 13.0 Å². The number of carbonyl (C=O) groups excluding carboxylic acids is 1. The van der Waals surface area contributed by atoms with E-state index in [-0.39, 0.29) is 11.8 Å². The van der Waals surface area contributed by atoms with Crippen LogP contribution >= 0.6 is 11.3 Å². The molecule has 1 amide bonds. The van der Waals surface area contributed by atoms with Crippen LogP contribution in [-0.2, 0) is 4.79 Å². The summed E-state index contributed by atoms with van der Waals surface area (Å²) in [6.07, 6.45) is 1.75. The van der Waals surface area contributed by atoms with E-state index >= 15 is 0 Å². The number of anilines is 1. The Hall–Kier alpha value is -1.88. The molecule has 2 aromatic rings. The fraction of sp³-hybridized carbons (Fsp3) is 0.333. The van der Waals surface area contributed by atoms with Crippen LogP contribution in [0.25, 0.3) is 0 Å². The third kappa shape index (κ3) is 3.17. The number of aryl methyl sites for hydroxylation is 2. The maximum absolute atomic E-state index is 12.3. The smallest absolute Gasteiger partial charge is 0.233 e. The molecule has 1 aromatic heterocycles. The predicted molar refractivity (Wildman–Crippen MR) is 81.6 cm³/mol. The molecule has 0 spiro atoms. The third-order valence-corrected chi connectivity index (χ3v) is 4.02. The summed E-state index contributed by atoms with van der Waals surface area (Å²) in [5.41, 5.74) is 2.04. The number of hydrogen-bond donors (Lipinski definition) is 1. The molecule has 1 unspecified atom stereocenters. The second-order valence-corrected chi connectivity index (χ2v) is 5.94. The Morgan fingerprint density at radius 3 is 2.70 bits per heavy atom. The first-order valence-corrected chi connectivity index (χ1v) is 7.20. The summed E-state index contributed by atoms with van der Waals surface area (Å²) < 4.78 is 5.18. The molecule has 2 rings (SSSR count). The molecule has 20 heavy (non-hydrogen) atoms. The van der Waals surface area contributed by atoms with Crippen molar-refractivity contribution in [3.05, 3.63) is 40.4 Å². The molecule has 1 aromatic carbocycles. The number of amides is 1. The second kappa shape index (κ2) is 6.05. The number of nitrogens with one attached hydrogen (secondary N) is 1. The molecular formula is C15H18N2O2S. The highest BCUT2D eigenvalue weighted by Crippen LogP contribution is 2.25. The van der Waals surface area contributed by atoms with Gasteiger partial charge in [0.2, 0.25) is 5.91 Å². The van der Waals surface area contributed by atoms with Gasteiger partial charge in [-0.1, -0.05) is 6.07 Å². The van der Waals surface area contributed by atoms with Crippen molar-refractivity contribution in [3.8, 4) is 5.75 Å². The van der Waals surface area contributed by atoms with Crippen LogP contribution in [0.4, 0.5) is 5.13 Å². The number of hydrogen-bond acceptors (Lipinski definition) is 4. The molecule has 0 saturated carbocycles. The summed E-state index contributed by atoms with van der Waals surface area (Å²) in [5, 5.41) is 3.50. The molecule has 1 atom stereocenters. The van der Waals surface area contributed by atoms with E-state index in [1.807, 2.05) is 39.0 Å². The van der Waals surface area contributed by atoms with Crippen LogP contribution in [0.2, 0.25) is 0 Å². The first kappa shape index (κ1) is 14.5. The van der Waals surface area contributed by atoms with Crippen molar-refractivity contribution in [1.82, 2.24) is 4.98 Å². The van der Waals surface area contributed by atoms with Crippen LogP contribution in [0.5, 0.6) is 5.75 Å². The van der Waals surface area contributed by atoms with Crippen molar-refractivity contribution >= 4 is 22.4 Å². The maximum Gasteiger partial charge on any atom is 0.233 e. The van der Waals surface area contributed by atoms with Gasteiger partial charge >= 0.3 is 0 Å². The topological polar surface area (TPSA) is 51.2 Å². The predicted octanol–water partition coefficient (Wildman–Crippen LogP) is 3.51. The number of nitrogens with zero attached hydrogens (tertiary/aromatic N) is 1. The SMILES string of the molecule is COc1ccc(C(C)C(=O)Nc2ncc(C)s2)c(C)c1. The highest BCUT2D eigenvalue weighted by Gasteiger charge is 2.18. The highest BCUT2D eigenvalue weighted by atomic mass is 32.1. The Bertz CT molecular complexity index is 622. The van der Waals surface area contributed by atoms with Crippen molar-refractivity contribution < 1.29 is 9.53 Å². The van der Waals surface area contributed by atoms with Gasteiger partial charge in [-0.05, 0) is 44.0 Å². The number of benzene rings is 1. The summed E-state index contributed by atoms with van der Waals surface area (Å²) in [6, 6.07) is 5.75. The maximum atomic E-state index is 12.3. The van der Waals surface area contributed by atoms with E-state index in [2.05, 4.69) is 10.3 Å². The summed E-state index contributed by atoms with van der Waals surface area (Å²) in [7, 11) is 1.63. The first-order valence-electron chi connectivity index (χ1n) is 6.39. The van der Waals surface area contributed by atoms with E-state index in [0.29, 0.717) is 5.13 Å². The number of methoxy groups -OCH3 is 1. The minimum absolute atomic E-state index is 0.0485. The van der Waals surface area contributed by atoms with Crippen molar-refractivity contribution in [2.75, 3.05) is 12.4 Å². The molecule has 0 aliphatic carbocycles. The first-order chi connectivity index (χ1) is 9.51. The van der Waals surface area contributed by atoms with E-state index < -0.39 is 0 Å². The molecule has 0 fully saturated rings. The lowest BCUT2D eigenvalue weighted by Gasteiger charge is -2.14. The number of thiazole rings is 1. The molecule has 1 N–H and O–H groups in total. The lowest BCUT2D eigenvalue weighted by atomic mass is 9.95. The van der Waals surface area contributed by atoms with E-state index in [1.165, 1.54) is 11.3 Å². The zero-order chi connectivity index (χ0) is 14.7. The minimum Gasteiger partial charge on any atom is -0.497 e. The van der Waals surface area contributed by atoms with Gasteiger partial charge < -0.3 is 10.1 Å². The largest absolute Gasteiger partial charge is 0.497 e. The Kier molecular flexibility index (Phi) is 4.39. The van der Waals surface area contributed by atoms with Crippen LogP contribution < -0.4 is 10.1 Å². The molecule has 5 heteroatoms. The summed E-state index contributed by atoms with van der Waals surface area (Å²) >= 11 is 1.48. The number of rotatable bonds is 4. The van der Waals surface area contributed by atoms with Crippen molar-refractivity contribution in [3.63, 3.8) is 0 Å². The van der Waals surface area contributed by atoms with Gasteiger partial charge in [0, 0.05) is 11.1 Å². The van der Waals surface area contributed by atoms with Gasteiger partial charge in [0.15, 0.2) is 5.13 Å². The molecule has 0 radical (unpaired) electrons.